The lowest BCUT2D eigenvalue weighted by atomic mass is 10.1. The number of hydrogen-bond donors (Lipinski definition) is 2. The van der Waals surface area contributed by atoms with E-state index in [2.05, 4.69) is 10.6 Å². The molecule has 0 saturated carbocycles. The van der Waals surface area contributed by atoms with Crippen molar-refractivity contribution in [3.63, 3.8) is 0 Å². The van der Waals surface area contributed by atoms with Crippen LogP contribution in [0.2, 0.25) is 10.0 Å². The maximum absolute atomic E-state index is 12.1. The molecule has 1 atom stereocenters. The first-order valence-electron chi connectivity index (χ1n) is 7.12. The Morgan fingerprint density at radius 1 is 1.12 bits per heavy atom. The summed E-state index contributed by atoms with van der Waals surface area (Å²) in [6, 6.07) is 13.0. The summed E-state index contributed by atoms with van der Waals surface area (Å²) in [6.45, 7) is -0.0997. The second-order valence-electron chi connectivity index (χ2n) is 4.92. The van der Waals surface area contributed by atoms with Gasteiger partial charge in [-0.2, -0.15) is 0 Å². The molecule has 126 valence electrons. The van der Waals surface area contributed by atoms with Crippen LogP contribution in [0.15, 0.2) is 48.5 Å². The Morgan fingerprint density at radius 3 is 2.50 bits per heavy atom. The van der Waals surface area contributed by atoms with E-state index in [0.29, 0.717) is 21.3 Å². The van der Waals surface area contributed by atoms with Crippen LogP contribution in [0.25, 0.3) is 0 Å². The third-order valence-corrected chi connectivity index (χ3v) is 3.80. The molecule has 0 saturated heterocycles. The van der Waals surface area contributed by atoms with Crippen molar-refractivity contribution >= 4 is 40.8 Å². The normalized spacial score (nSPS) is 11.6. The van der Waals surface area contributed by atoms with Crippen molar-refractivity contribution in [3.8, 4) is 0 Å². The summed E-state index contributed by atoms with van der Waals surface area (Å²) in [5, 5.41) is 6.36. The molecular weight excluding hydrogens is 351 g/mol. The Balaban J connectivity index is 2.02. The standard InChI is InChI=1S/C17H16Cl2N2O3/c1-24-17(23)16(11-5-3-2-4-6-11)20-10-15(22)21-14-9-12(18)7-8-13(14)19/h2-9,16,20H,10H2,1H3,(H,21,22). The van der Waals surface area contributed by atoms with Gasteiger partial charge in [0, 0.05) is 5.02 Å². The van der Waals surface area contributed by atoms with E-state index in [4.69, 9.17) is 27.9 Å². The van der Waals surface area contributed by atoms with Crippen LogP contribution in [-0.4, -0.2) is 25.5 Å². The average Bonchev–Trinajstić information content (AvgIpc) is 2.59. The summed E-state index contributed by atoms with van der Waals surface area (Å²) >= 11 is 11.9. The van der Waals surface area contributed by atoms with E-state index in [1.807, 2.05) is 6.07 Å². The molecule has 0 spiro atoms. The summed E-state index contributed by atoms with van der Waals surface area (Å²) in [5.74, 6) is -0.834. The first-order valence-corrected chi connectivity index (χ1v) is 7.88. The van der Waals surface area contributed by atoms with Crippen LogP contribution in [0, 0.1) is 0 Å². The predicted molar refractivity (Wildman–Crippen MR) is 94.3 cm³/mol. The molecule has 2 rings (SSSR count). The van der Waals surface area contributed by atoms with Gasteiger partial charge in [0.1, 0.15) is 6.04 Å². The van der Waals surface area contributed by atoms with Gasteiger partial charge in [-0.15, -0.1) is 0 Å². The highest BCUT2D eigenvalue weighted by Gasteiger charge is 2.21. The lowest BCUT2D eigenvalue weighted by Gasteiger charge is -2.17. The first kappa shape index (κ1) is 18.3. The molecule has 7 heteroatoms. The summed E-state index contributed by atoms with van der Waals surface area (Å²) < 4.78 is 4.78. The number of ether oxygens (including phenoxy) is 1. The van der Waals surface area contributed by atoms with Crippen LogP contribution in [0.1, 0.15) is 11.6 Å². The van der Waals surface area contributed by atoms with Crippen molar-refractivity contribution in [2.75, 3.05) is 19.0 Å². The van der Waals surface area contributed by atoms with Gasteiger partial charge in [0.15, 0.2) is 0 Å². The van der Waals surface area contributed by atoms with E-state index in [-0.39, 0.29) is 12.5 Å². The molecule has 0 aliphatic rings. The zero-order valence-electron chi connectivity index (χ0n) is 12.9. The summed E-state index contributed by atoms with van der Waals surface area (Å²) in [4.78, 5) is 24.0. The fourth-order valence-electron chi connectivity index (χ4n) is 2.08. The summed E-state index contributed by atoms with van der Waals surface area (Å²) in [5.41, 5.74) is 1.11. The highest BCUT2D eigenvalue weighted by Crippen LogP contribution is 2.25. The van der Waals surface area contributed by atoms with E-state index >= 15 is 0 Å². The molecule has 0 fully saturated rings. The summed E-state index contributed by atoms with van der Waals surface area (Å²) in [7, 11) is 1.30. The van der Waals surface area contributed by atoms with Gasteiger partial charge in [0.2, 0.25) is 5.91 Å². The van der Waals surface area contributed by atoms with Gasteiger partial charge in [-0.25, -0.2) is 4.79 Å². The van der Waals surface area contributed by atoms with Crippen molar-refractivity contribution in [2.24, 2.45) is 0 Å². The number of halogens is 2. The van der Waals surface area contributed by atoms with Gasteiger partial charge in [0.05, 0.1) is 24.4 Å². The van der Waals surface area contributed by atoms with Gasteiger partial charge in [-0.1, -0.05) is 53.5 Å². The maximum atomic E-state index is 12.1. The predicted octanol–water partition coefficient (Wildman–Crippen LogP) is 3.44. The highest BCUT2D eigenvalue weighted by molar-refractivity contribution is 6.35. The molecule has 0 aliphatic carbocycles. The van der Waals surface area contributed by atoms with E-state index in [9.17, 15) is 9.59 Å². The van der Waals surface area contributed by atoms with Crippen molar-refractivity contribution in [1.29, 1.82) is 0 Å². The first-order chi connectivity index (χ1) is 11.5. The van der Waals surface area contributed by atoms with E-state index in [1.165, 1.54) is 7.11 Å². The average molecular weight is 367 g/mol. The Morgan fingerprint density at radius 2 is 1.83 bits per heavy atom. The second kappa shape index (κ2) is 8.68. The molecule has 0 aromatic heterocycles. The number of benzene rings is 2. The number of carbonyl (C=O) groups excluding carboxylic acids is 2. The van der Waals surface area contributed by atoms with E-state index in [1.54, 1.807) is 42.5 Å². The van der Waals surface area contributed by atoms with Gasteiger partial charge in [-0.05, 0) is 23.8 Å². The van der Waals surface area contributed by atoms with E-state index < -0.39 is 12.0 Å². The number of esters is 1. The lowest BCUT2D eigenvalue weighted by Crippen LogP contribution is -2.35. The lowest BCUT2D eigenvalue weighted by molar-refractivity contribution is -0.143. The molecule has 2 aromatic carbocycles. The molecule has 1 amide bonds. The number of amides is 1. The SMILES string of the molecule is COC(=O)C(NCC(=O)Nc1cc(Cl)ccc1Cl)c1ccccc1. The number of nitrogens with one attached hydrogen (secondary N) is 2. The van der Waals surface area contributed by atoms with Crippen LogP contribution in [0.5, 0.6) is 0 Å². The minimum atomic E-state index is -0.739. The van der Waals surface area contributed by atoms with Gasteiger partial charge in [0.25, 0.3) is 0 Å². The Labute approximate surface area is 149 Å². The molecule has 1 unspecified atom stereocenters. The number of rotatable bonds is 6. The molecule has 0 heterocycles. The molecule has 2 aromatic rings. The van der Waals surface area contributed by atoms with Crippen molar-refractivity contribution in [2.45, 2.75) is 6.04 Å². The minimum absolute atomic E-state index is 0.0997. The Bertz CT molecular complexity index is 723. The number of hydrogen-bond acceptors (Lipinski definition) is 4. The van der Waals surface area contributed by atoms with Gasteiger partial charge < -0.3 is 10.1 Å². The fraction of sp³-hybridized carbons (Fsp3) is 0.176. The quantitative estimate of drug-likeness (QED) is 0.768. The van der Waals surface area contributed by atoms with E-state index in [0.717, 1.165) is 0 Å². The molecular formula is C17H16Cl2N2O3. The third-order valence-electron chi connectivity index (χ3n) is 3.24. The highest BCUT2D eigenvalue weighted by atomic mass is 35.5. The zero-order valence-corrected chi connectivity index (χ0v) is 14.4. The van der Waals surface area contributed by atoms with Crippen molar-refractivity contribution in [3.05, 3.63) is 64.1 Å². The molecule has 0 radical (unpaired) electrons. The topological polar surface area (TPSA) is 67.4 Å². The smallest absolute Gasteiger partial charge is 0.327 e. The van der Waals surface area contributed by atoms with Crippen LogP contribution >= 0.6 is 23.2 Å². The van der Waals surface area contributed by atoms with Gasteiger partial charge in [-0.3, -0.25) is 10.1 Å². The molecule has 24 heavy (non-hydrogen) atoms. The molecule has 0 aliphatic heterocycles. The third kappa shape index (κ3) is 4.96. The van der Waals surface area contributed by atoms with Crippen molar-refractivity contribution in [1.82, 2.24) is 5.32 Å². The monoisotopic (exact) mass is 366 g/mol. The second-order valence-corrected chi connectivity index (χ2v) is 5.76. The van der Waals surface area contributed by atoms with Crippen LogP contribution < -0.4 is 10.6 Å². The molecule has 0 bridgehead atoms. The van der Waals surface area contributed by atoms with Crippen LogP contribution in [-0.2, 0) is 14.3 Å². The van der Waals surface area contributed by atoms with Gasteiger partial charge >= 0.3 is 5.97 Å². The maximum Gasteiger partial charge on any atom is 0.327 e. The Hall–Kier alpha value is -2.08. The largest absolute Gasteiger partial charge is 0.468 e. The van der Waals surface area contributed by atoms with Crippen LogP contribution in [0.3, 0.4) is 0 Å². The molecule has 5 nitrogen and oxygen atoms in total. The number of methoxy groups -OCH3 is 1. The Kier molecular flexibility index (Phi) is 6.61. The molecule has 2 N–H and O–H groups in total. The zero-order chi connectivity index (χ0) is 17.5. The van der Waals surface area contributed by atoms with Crippen molar-refractivity contribution < 1.29 is 14.3 Å². The van der Waals surface area contributed by atoms with Crippen LogP contribution in [0.4, 0.5) is 5.69 Å². The fourth-order valence-corrected chi connectivity index (χ4v) is 2.42. The number of carbonyl (C=O) groups is 2. The number of anilines is 1. The minimum Gasteiger partial charge on any atom is -0.468 e. The summed E-state index contributed by atoms with van der Waals surface area (Å²) in [6.07, 6.45) is 0.